The van der Waals surface area contributed by atoms with E-state index in [0.29, 0.717) is 0 Å². The second kappa shape index (κ2) is 6.07. The maximum atomic E-state index is 6.46. The Kier molecular flexibility index (Phi) is 4.68. The van der Waals surface area contributed by atoms with E-state index in [9.17, 15) is 0 Å². The highest BCUT2D eigenvalue weighted by molar-refractivity contribution is 6.31. The molecule has 1 saturated carbocycles. The summed E-state index contributed by atoms with van der Waals surface area (Å²) in [7, 11) is 2.04. The molecule has 2 atom stereocenters. The van der Waals surface area contributed by atoms with Gasteiger partial charge in [-0.3, -0.25) is 4.68 Å². The second-order valence-corrected chi connectivity index (χ2v) is 5.61. The maximum absolute atomic E-state index is 6.46. The minimum Gasteiger partial charge on any atom is -0.319 e. The Hall–Kier alpha value is -0.540. The van der Waals surface area contributed by atoms with Crippen LogP contribution in [0, 0.1) is 11.8 Å². The van der Waals surface area contributed by atoms with Crippen molar-refractivity contribution in [1.82, 2.24) is 15.1 Å². The van der Waals surface area contributed by atoms with Gasteiger partial charge in [0.15, 0.2) is 0 Å². The molecule has 1 fully saturated rings. The van der Waals surface area contributed by atoms with Gasteiger partial charge in [0, 0.05) is 6.54 Å². The first kappa shape index (κ1) is 13.9. The quantitative estimate of drug-likeness (QED) is 0.861. The molecule has 1 aromatic rings. The van der Waals surface area contributed by atoms with Crippen molar-refractivity contribution in [3.8, 4) is 0 Å². The summed E-state index contributed by atoms with van der Waals surface area (Å²) in [6, 6.07) is 0. The molecule has 0 aromatic carbocycles. The van der Waals surface area contributed by atoms with Crippen LogP contribution in [-0.2, 0) is 19.4 Å². The van der Waals surface area contributed by atoms with Gasteiger partial charge >= 0.3 is 0 Å². The highest BCUT2D eigenvalue weighted by atomic mass is 35.5. The molecule has 0 saturated heterocycles. The zero-order valence-corrected chi connectivity index (χ0v) is 12.4. The lowest BCUT2D eigenvalue weighted by molar-refractivity contribution is 0.171. The second-order valence-electron chi connectivity index (χ2n) is 5.24. The number of aryl methyl sites for hydroxylation is 2. The average Bonchev–Trinajstić information content (AvgIpc) is 2.67. The van der Waals surface area contributed by atoms with Crippen molar-refractivity contribution in [2.45, 2.75) is 46.1 Å². The summed E-state index contributed by atoms with van der Waals surface area (Å²) in [6.07, 6.45) is 4.69. The van der Waals surface area contributed by atoms with Crippen LogP contribution in [0.1, 0.15) is 38.1 Å². The molecule has 1 heterocycles. The largest absolute Gasteiger partial charge is 0.319 e. The van der Waals surface area contributed by atoms with E-state index in [1.807, 2.05) is 7.05 Å². The number of rotatable bonds is 6. The standard InChI is InChI=1S/C14H24ClN3/c1-4-12-14(15)13(18(5-2)17-12)8-10-6-7-11(10)9-16-3/h10-11,16H,4-9H2,1-3H3. The van der Waals surface area contributed by atoms with Gasteiger partial charge in [-0.15, -0.1) is 0 Å². The van der Waals surface area contributed by atoms with E-state index in [0.717, 1.165) is 48.5 Å². The van der Waals surface area contributed by atoms with Crippen LogP contribution in [0.15, 0.2) is 0 Å². The molecule has 2 unspecified atom stereocenters. The van der Waals surface area contributed by atoms with E-state index in [1.54, 1.807) is 0 Å². The number of aromatic nitrogens is 2. The highest BCUT2D eigenvalue weighted by Gasteiger charge is 2.32. The van der Waals surface area contributed by atoms with Crippen molar-refractivity contribution in [2.75, 3.05) is 13.6 Å². The van der Waals surface area contributed by atoms with Crippen LogP contribution in [0.4, 0.5) is 0 Å². The molecule has 1 aliphatic rings. The van der Waals surface area contributed by atoms with E-state index >= 15 is 0 Å². The molecule has 3 nitrogen and oxygen atoms in total. The summed E-state index contributed by atoms with van der Waals surface area (Å²) in [5.74, 6) is 1.60. The first-order valence-corrected chi connectivity index (χ1v) is 7.47. The van der Waals surface area contributed by atoms with E-state index in [1.165, 1.54) is 18.5 Å². The van der Waals surface area contributed by atoms with Crippen LogP contribution in [-0.4, -0.2) is 23.4 Å². The Morgan fingerprint density at radius 3 is 2.56 bits per heavy atom. The van der Waals surface area contributed by atoms with Crippen molar-refractivity contribution in [2.24, 2.45) is 11.8 Å². The molecule has 1 N–H and O–H groups in total. The fourth-order valence-corrected chi connectivity index (χ4v) is 3.24. The number of halogens is 1. The Bertz CT molecular complexity index is 400. The SMILES string of the molecule is CCc1nn(CC)c(CC2CCC2CNC)c1Cl. The van der Waals surface area contributed by atoms with Crippen LogP contribution < -0.4 is 5.32 Å². The third-order valence-electron chi connectivity index (χ3n) is 4.19. The summed E-state index contributed by atoms with van der Waals surface area (Å²) >= 11 is 6.46. The molecule has 2 rings (SSSR count). The fourth-order valence-electron chi connectivity index (χ4n) is 2.90. The molecule has 102 valence electrons. The topological polar surface area (TPSA) is 29.9 Å². The lowest BCUT2D eigenvalue weighted by Gasteiger charge is -2.36. The van der Waals surface area contributed by atoms with Gasteiger partial charge in [-0.05, 0) is 58.0 Å². The summed E-state index contributed by atoms with van der Waals surface area (Å²) < 4.78 is 2.09. The first-order valence-electron chi connectivity index (χ1n) is 7.09. The van der Waals surface area contributed by atoms with Gasteiger partial charge in [0.05, 0.1) is 16.4 Å². The first-order chi connectivity index (χ1) is 8.71. The summed E-state index contributed by atoms with van der Waals surface area (Å²) in [6.45, 7) is 6.30. The monoisotopic (exact) mass is 269 g/mol. The highest BCUT2D eigenvalue weighted by Crippen LogP contribution is 2.38. The molecule has 0 aliphatic heterocycles. The van der Waals surface area contributed by atoms with Crippen molar-refractivity contribution >= 4 is 11.6 Å². The van der Waals surface area contributed by atoms with Gasteiger partial charge in [0.25, 0.3) is 0 Å². The van der Waals surface area contributed by atoms with Gasteiger partial charge in [-0.2, -0.15) is 5.10 Å². The fraction of sp³-hybridized carbons (Fsp3) is 0.786. The molecule has 1 aliphatic carbocycles. The normalized spacial score (nSPS) is 23.1. The van der Waals surface area contributed by atoms with E-state index in [-0.39, 0.29) is 0 Å². The minimum absolute atomic E-state index is 0.779. The third-order valence-corrected chi connectivity index (χ3v) is 4.63. The van der Waals surface area contributed by atoms with Crippen molar-refractivity contribution in [1.29, 1.82) is 0 Å². The van der Waals surface area contributed by atoms with Crippen LogP contribution in [0.5, 0.6) is 0 Å². The predicted octanol–water partition coefficient (Wildman–Crippen LogP) is 2.91. The zero-order valence-electron chi connectivity index (χ0n) is 11.7. The lowest BCUT2D eigenvalue weighted by atomic mass is 9.71. The van der Waals surface area contributed by atoms with Crippen molar-refractivity contribution in [3.05, 3.63) is 16.4 Å². The van der Waals surface area contributed by atoms with Crippen LogP contribution in [0.3, 0.4) is 0 Å². The van der Waals surface area contributed by atoms with Crippen LogP contribution in [0.25, 0.3) is 0 Å². The van der Waals surface area contributed by atoms with E-state index in [2.05, 4.69) is 28.9 Å². The minimum atomic E-state index is 0.779. The molecule has 0 radical (unpaired) electrons. The Labute approximate surface area is 115 Å². The van der Waals surface area contributed by atoms with Crippen LogP contribution >= 0.6 is 11.6 Å². The van der Waals surface area contributed by atoms with Gasteiger partial charge in [0.1, 0.15) is 0 Å². The van der Waals surface area contributed by atoms with Gasteiger partial charge in [0.2, 0.25) is 0 Å². The third kappa shape index (κ3) is 2.57. The summed E-state index contributed by atoms with van der Waals surface area (Å²) in [5.41, 5.74) is 2.31. The van der Waals surface area contributed by atoms with Gasteiger partial charge in [-0.1, -0.05) is 18.5 Å². The van der Waals surface area contributed by atoms with Crippen molar-refractivity contribution in [3.63, 3.8) is 0 Å². The molecule has 1 aromatic heterocycles. The summed E-state index contributed by atoms with van der Waals surface area (Å²) in [4.78, 5) is 0. The smallest absolute Gasteiger partial charge is 0.0849 e. The number of hydrogen-bond donors (Lipinski definition) is 1. The van der Waals surface area contributed by atoms with Crippen molar-refractivity contribution < 1.29 is 0 Å². The van der Waals surface area contributed by atoms with Crippen LogP contribution in [0.2, 0.25) is 5.02 Å². The molecular weight excluding hydrogens is 246 g/mol. The molecule has 0 amide bonds. The van der Waals surface area contributed by atoms with E-state index in [4.69, 9.17) is 11.6 Å². The molecule has 0 spiro atoms. The number of nitrogens with zero attached hydrogens (tertiary/aromatic N) is 2. The Morgan fingerprint density at radius 1 is 1.33 bits per heavy atom. The molecule has 4 heteroatoms. The van der Waals surface area contributed by atoms with Gasteiger partial charge < -0.3 is 5.32 Å². The lowest BCUT2D eigenvalue weighted by Crippen LogP contribution is -2.35. The maximum Gasteiger partial charge on any atom is 0.0849 e. The predicted molar refractivity (Wildman–Crippen MR) is 76.1 cm³/mol. The Morgan fingerprint density at radius 2 is 2.06 bits per heavy atom. The molecule has 0 bridgehead atoms. The van der Waals surface area contributed by atoms with E-state index < -0.39 is 0 Å². The number of nitrogens with one attached hydrogen (secondary N) is 1. The Balaban J connectivity index is 2.11. The molecule has 18 heavy (non-hydrogen) atoms. The number of hydrogen-bond acceptors (Lipinski definition) is 2. The average molecular weight is 270 g/mol. The molecular formula is C14H24ClN3. The van der Waals surface area contributed by atoms with Gasteiger partial charge in [-0.25, -0.2) is 0 Å². The zero-order chi connectivity index (χ0) is 13.1. The summed E-state index contributed by atoms with van der Waals surface area (Å²) in [5, 5.41) is 8.80.